The second kappa shape index (κ2) is 4.27. The highest BCUT2D eigenvalue weighted by molar-refractivity contribution is 7.07. The van der Waals surface area contributed by atoms with Crippen molar-refractivity contribution >= 4 is 17.0 Å². The van der Waals surface area contributed by atoms with Crippen molar-refractivity contribution in [2.45, 2.75) is 6.54 Å². The lowest BCUT2D eigenvalue weighted by Crippen LogP contribution is -2.15. The molecule has 0 aliphatic carbocycles. The number of aromatic nitrogens is 2. The largest absolute Gasteiger partial charge is 0.378 e. The second-order valence-corrected chi connectivity index (χ2v) is 3.92. The molecule has 5 heteroatoms. The molecule has 0 aliphatic rings. The molecule has 2 rings (SSSR count). The number of aryl methyl sites for hydroxylation is 1. The summed E-state index contributed by atoms with van der Waals surface area (Å²) in [4.78, 5) is 15.3. The van der Waals surface area contributed by atoms with E-state index < -0.39 is 0 Å². The van der Waals surface area contributed by atoms with E-state index in [1.807, 2.05) is 5.38 Å². The molecule has 0 unspecified atom stereocenters. The topological polar surface area (TPSA) is 46.9 Å². The van der Waals surface area contributed by atoms with Gasteiger partial charge in [-0.25, -0.2) is 4.98 Å². The van der Waals surface area contributed by atoms with Crippen LogP contribution in [0.15, 0.2) is 34.0 Å². The van der Waals surface area contributed by atoms with Gasteiger partial charge in [-0.2, -0.15) is 0 Å². The Morgan fingerprint density at radius 1 is 1.53 bits per heavy atom. The highest BCUT2D eigenvalue weighted by Crippen LogP contribution is 2.06. The molecular weight excluding hydrogens is 210 g/mol. The molecule has 0 saturated heterocycles. The van der Waals surface area contributed by atoms with E-state index in [1.54, 1.807) is 46.8 Å². The van der Waals surface area contributed by atoms with E-state index in [0.29, 0.717) is 6.54 Å². The van der Waals surface area contributed by atoms with Gasteiger partial charge in [-0.1, -0.05) is 0 Å². The summed E-state index contributed by atoms with van der Waals surface area (Å²) in [7, 11) is 1.73. The van der Waals surface area contributed by atoms with E-state index in [9.17, 15) is 4.79 Å². The Bertz CT molecular complexity index is 490. The number of rotatable bonds is 3. The van der Waals surface area contributed by atoms with Gasteiger partial charge in [-0.3, -0.25) is 4.79 Å². The number of nitrogens with zero attached hydrogens (tertiary/aromatic N) is 2. The summed E-state index contributed by atoms with van der Waals surface area (Å²) in [5, 5.41) is 5.19. The molecule has 2 heterocycles. The fourth-order valence-electron chi connectivity index (χ4n) is 1.22. The van der Waals surface area contributed by atoms with Crippen LogP contribution >= 0.6 is 11.3 Å². The molecule has 0 radical (unpaired) electrons. The number of hydrogen-bond donors (Lipinski definition) is 1. The Morgan fingerprint density at radius 3 is 3.07 bits per heavy atom. The van der Waals surface area contributed by atoms with Crippen molar-refractivity contribution in [3.8, 4) is 0 Å². The Morgan fingerprint density at radius 2 is 2.40 bits per heavy atom. The standard InChI is InChI=1S/C10H11N3OS/c1-13-5-8(2-3-10(13)14)11-4-9-6-15-7-12-9/h2-3,5-7,11H,4H2,1H3. The third-order valence-electron chi connectivity index (χ3n) is 2.04. The maximum absolute atomic E-state index is 11.1. The van der Waals surface area contributed by atoms with E-state index in [2.05, 4.69) is 10.3 Å². The minimum absolute atomic E-state index is 0.00536. The second-order valence-electron chi connectivity index (χ2n) is 3.20. The predicted molar refractivity (Wildman–Crippen MR) is 61.1 cm³/mol. The van der Waals surface area contributed by atoms with Gasteiger partial charge in [0.05, 0.1) is 23.4 Å². The Balaban J connectivity index is 2.05. The van der Waals surface area contributed by atoms with Gasteiger partial charge in [0.25, 0.3) is 0 Å². The molecule has 0 atom stereocenters. The highest BCUT2D eigenvalue weighted by Gasteiger charge is 1.96. The summed E-state index contributed by atoms with van der Waals surface area (Å²) in [6.07, 6.45) is 1.77. The molecule has 2 aromatic heterocycles. The lowest BCUT2D eigenvalue weighted by molar-refractivity contribution is 0.859. The zero-order valence-corrected chi connectivity index (χ0v) is 9.12. The molecular formula is C10H11N3OS. The van der Waals surface area contributed by atoms with Crippen LogP contribution in [-0.2, 0) is 13.6 Å². The number of thiazole rings is 1. The Hall–Kier alpha value is -1.62. The average Bonchev–Trinajstić information content (AvgIpc) is 2.73. The summed E-state index contributed by atoms with van der Waals surface area (Å²) < 4.78 is 1.55. The number of hydrogen-bond acceptors (Lipinski definition) is 4. The third kappa shape index (κ3) is 2.44. The fourth-order valence-corrected chi connectivity index (χ4v) is 1.77. The first-order valence-electron chi connectivity index (χ1n) is 4.53. The number of pyridine rings is 1. The lowest BCUT2D eigenvalue weighted by Gasteiger charge is -2.05. The monoisotopic (exact) mass is 221 g/mol. The average molecular weight is 221 g/mol. The fraction of sp³-hybridized carbons (Fsp3) is 0.200. The predicted octanol–water partition coefficient (Wildman–Crippen LogP) is 1.45. The molecule has 0 aliphatic heterocycles. The van der Waals surface area contributed by atoms with Gasteiger partial charge >= 0.3 is 0 Å². The van der Waals surface area contributed by atoms with Crippen LogP contribution in [0.3, 0.4) is 0 Å². The summed E-state index contributed by atoms with van der Waals surface area (Å²) >= 11 is 1.57. The molecule has 15 heavy (non-hydrogen) atoms. The van der Waals surface area contributed by atoms with Crippen molar-refractivity contribution in [3.05, 3.63) is 45.3 Å². The van der Waals surface area contributed by atoms with Gasteiger partial charge in [-0.05, 0) is 6.07 Å². The van der Waals surface area contributed by atoms with Gasteiger partial charge in [0.15, 0.2) is 0 Å². The summed E-state index contributed by atoms with van der Waals surface area (Å²) in [5.74, 6) is 0. The van der Waals surface area contributed by atoms with E-state index in [-0.39, 0.29) is 5.56 Å². The molecule has 1 N–H and O–H groups in total. The minimum atomic E-state index is -0.00536. The summed E-state index contributed by atoms with van der Waals surface area (Å²) in [6.45, 7) is 0.682. The van der Waals surface area contributed by atoms with Crippen LogP contribution in [0.2, 0.25) is 0 Å². The van der Waals surface area contributed by atoms with Crippen LogP contribution in [0.1, 0.15) is 5.69 Å². The first-order chi connectivity index (χ1) is 7.25. The van der Waals surface area contributed by atoms with Gasteiger partial charge in [0.2, 0.25) is 5.56 Å². The minimum Gasteiger partial charge on any atom is -0.378 e. The third-order valence-corrected chi connectivity index (χ3v) is 2.68. The van der Waals surface area contributed by atoms with Gasteiger partial charge in [0.1, 0.15) is 0 Å². The zero-order valence-electron chi connectivity index (χ0n) is 8.30. The Labute approximate surface area is 91.2 Å². The molecule has 4 nitrogen and oxygen atoms in total. The molecule has 0 spiro atoms. The molecule has 0 amide bonds. The highest BCUT2D eigenvalue weighted by atomic mass is 32.1. The van der Waals surface area contributed by atoms with E-state index in [0.717, 1.165) is 11.4 Å². The van der Waals surface area contributed by atoms with E-state index >= 15 is 0 Å². The van der Waals surface area contributed by atoms with Crippen molar-refractivity contribution in [1.29, 1.82) is 0 Å². The number of nitrogens with one attached hydrogen (secondary N) is 1. The van der Waals surface area contributed by atoms with Crippen molar-refractivity contribution in [2.75, 3.05) is 5.32 Å². The number of anilines is 1. The van der Waals surface area contributed by atoms with Crippen molar-refractivity contribution < 1.29 is 0 Å². The first kappa shape index (κ1) is 9.92. The van der Waals surface area contributed by atoms with Crippen molar-refractivity contribution in [1.82, 2.24) is 9.55 Å². The van der Waals surface area contributed by atoms with Gasteiger partial charge in [0, 0.05) is 24.7 Å². The molecule has 0 aromatic carbocycles. The molecule has 78 valence electrons. The molecule has 2 aromatic rings. The van der Waals surface area contributed by atoms with Gasteiger partial charge < -0.3 is 9.88 Å². The van der Waals surface area contributed by atoms with E-state index in [1.165, 1.54) is 0 Å². The maximum Gasteiger partial charge on any atom is 0.250 e. The van der Waals surface area contributed by atoms with Crippen LogP contribution in [-0.4, -0.2) is 9.55 Å². The van der Waals surface area contributed by atoms with E-state index in [4.69, 9.17) is 0 Å². The quantitative estimate of drug-likeness (QED) is 0.853. The smallest absolute Gasteiger partial charge is 0.250 e. The Kier molecular flexibility index (Phi) is 2.82. The SMILES string of the molecule is Cn1cc(NCc2cscn2)ccc1=O. The molecule has 0 bridgehead atoms. The summed E-state index contributed by atoms with van der Waals surface area (Å²) in [5.41, 5.74) is 3.73. The van der Waals surface area contributed by atoms with Crippen LogP contribution in [0.25, 0.3) is 0 Å². The van der Waals surface area contributed by atoms with Crippen LogP contribution in [0, 0.1) is 0 Å². The van der Waals surface area contributed by atoms with Crippen LogP contribution < -0.4 is 10.9 Å². The van der Waals surface area contributed by atoms with Gasteiger partial charge in [-0.15, -0.1) is 11.3 Å². The lowest BCUT2D eigenvalue weighted by atomic mass is 10.4. The zero-order chi connectivity index (χ0) is 10.7. The van der Waals surface area contributed by atoms with Crippen molar-refractivity contribution in [2.24, 2.45) is 7.05 Å². The van der Waals surface area contributed by atoms with Crippen molar-refractivity contribution in [3.63, 3.8) is 0 Å². The molecule has 0 saturated carbocycles. The normalized spacial score (nSPS) is 10.2. The molecule has 0 fully saturated rings. The first-order valence-corrected chi connectivity index (χ1v) is 5.47. The van der Waals surface area contributed by atoms with Crippen LogP contribution in [0.5, 0.6) is 0 Å². The van der Waals surface area contributed by atoms with Crippen LogP contribution in [0.4, 0.5) is 5.69 Å². The summed E-state index contributed by atoms with van der Waals surface area (Å²) in [6, 6.07) is 3.32. The maximum atomic E-state index is 11.1.